The number of hydrogen-bond donors (Lipinski definition) is 3. The topological polar surface area (TPSA) is 126 Å². The summed E-state index contributed by atoms with van der Waals surface area (Å²) in [6.07, 6.45) is 2.79. The van der Waals surface area contributed by atoms with Gasteiger partial charge in [0.25, 0.3) is 11.8 Å². The minimum Gasteiger partial charge on any atom is -0.432 e. The van der Waals surface area contributed by atoms with Gasteiger partial charge in [0.05, 0.1) is 37.5 Å². The molecule has 0 saturated carbocycles. The number of hydrogen-bond acceptors (Lipinski definition) is 8. The Morgan fingerprint density at radius 2 is 1.70 bits per heavy atom. The van der Waals surface area contributed by atoms with Crippen molar-refractivity contribution in [2.24, 2.45) is 5.92 Å². The van der Waals surface area contributed by atoms with Gasteiger partial charge in [-0.3, -0.25) is 19.3 Å². The second-order valence-corrected chi connectivity index (χ2v) is 20.2. The third-order valence-electron chi connectivity index (χ3n) is 12.8. The predicted octanol–water partition coefficient (Wildman–Crippen LogP) is 4.29. The van der Waals surface area contributed by atoms with Crippen LogP contribution >= 0.6 is 0 Å². The Labute approximate surface area is 318 Å². The van der Waals surface area contributed by atoms with E-state index < -0.39 is 37.0 Å². The number of rotatable bonds is 8. The summed E-state index contributed by atoms with van der Waals surface area (Å²) in [5, 5.41) is 13.8. The number of anilines is 3. The quantitative estimate of drug-likeness (QED) is 0.230. The standard InChI is InChI=1S/C42H51N5O6Si/c1-5-21-44-35-16-15-32(46-27-47(31-13-7-6-8-14-31)41(39(46)50)17-19-43-20-18-41)23-34(35)42(40(44)51)28(2)38(54(3,4)52)36(53-42)24-37(49)45-25-30-12-10-9-11-29(30)22-33(45)26-48/h5-16,23,28,33,36,38,43,48,52H,1,17-22,24-27H2,2-4H3/t28-,33+,36+,38-,42+/m1/s1. The molecule has 5 heterocycles. The van der Waals surface area contributed by atoms with E-state index in [0.29, 0.717) is 49.4 Å². The van der Waals surface area contributed by atoms with Crippen LogP contribution < -0.4 is 20.0 Å². The van der Waals surface area contributed by atoms with Crippen LogP contribution in [0.3, 0.4) is 0 Å². The molecule has 3 amide bonds. The molecular formula is C42H51N5O6Si. The van der Waals surface area contributed by atoms with E-state index in [1.165, 1.54) is 0 Å². The highest BCUT2D eigenvalue weighted by Gasteiger charge is 2.67. The van der Waals surface area contributed by atoms with Crippen molar-refractivity contribution in [3.63, 3.8) is 0 Å². The summed E-state index contributed by atoms with van der Waals surface area (Å²) < 4.78 is 7.04. The van der Waals surface area contributed by atoms with Crippen LogP contribution in [0.15, 0.2) is 85.5 Å². The molecule has 3 aromatic rings. The van der Waals surface area contributed by atoms with Crippen LogP contribution in [0.5, 0.6) is 0 Å². The smallest absolute Gasteiger partial charge is 0.264 e. The molecule has 3 fully saturated rings. The van der Waals surface area contributed by atoms with Crippen molar-refractivity contribution in [1.82, 2.24) is 10.2 Å². The van der Waals surface area contributed by atoms with Crippen LogP contribution in [-0.4, -0.2) is 91.4 Å². The van der Waals surface area contributed by atoms with Gasteiger partial charge in [-0.05, 0) is 86.9 Å². The molecule has 2 spiro atoms. The Kier molecular flexibility index (Phi) is 9.33. The number of carbonyl (C=O) groups excluding carboxylic acids is 3. The van der Waals surface area contributed by atoms with E-state index in [9.17, 15) is 24.3 Å². The van der Waals surface area contributed by atoms with Crippen LogP contribution in [0.2, 0.25) is 18.6 Å². The Morgan fingerprint density at radius 3 is 2.39 bits per heavy atom. The lowest BCUT2D eigenvalue weighted by atomic mass is 9.82. The van der Waals surface area contributed by atoms with E-state index in [1.54, 1.807) is 15.9 Å². The number of ether oxygens (including phenoxy) is 1. The number of piperidine rings is 1. The monoisotopic (exact) mass is 749 g/mol. The van der Waals surface area contributed by atoms with Crippen molar-refractivity contribution in [1.29, 1.82) is 0 Å². The number of carbonyl (C=O) groups is 3. The van der Waals surface area contributed by atoms with Crippen molar-refractivity contribution in [2.45, 2.75) is 81.1 Å². The Morgan fingerprint density at radius 1 is 1.00 bits per heavy atom. The van der Waals surface area contributed by atoms with Gasteiger partial charge >= 0.3 is 0 Å². The predicted molar refractivity (Wildman–Crippen MR) is 210 cm³/mol. The van der Waals surface area contributed by atoms with E-state index >= 15 is 0 Å². The van der Waals surface area contributed by atoms with Crippen molar-refractivity contribution in [3.8, 4) is 0 Å². The number of nitrogens with one attached hydrogen (secondary N) is 1. The maximum Gasteiger partial charge on any atom is 0.264 e. The summed E-state index contributed by atoms with van der Waals surface area (Å²) in [6.45, 7) is 11.9. The first-order valence-electron chi connectivity index (χ1n) is 19.2. The molecule has 0 unspecified atom stereocenters. The summed E-state index contributed by atoms with van der Waals surface area (Å²) in [5.41, 5.74) is 2.49. The van der Waals surface area contributed by atoms with Crippen molar-refractivity contribution in [3.05, 3.63) is 102 Å². The summed E-state index contributed by atoms with van der Waals surface area (Å²) in [4.78, 5) is 63.1. The second kappa shape index (κ2) is 13.8. The number of amides is 3. The lowest BCUT2D eigenvalue weighted by molar-refractivity contribution is -0.150. The molecule has 3 N–H and O–H groups in total. The molecule has 54 heavy (non-hydrogen) atoms. The summed E-state index contributed by atoms with van der Waals surface area (Å²) >= 11 is 0. The minimum absolute atomic E-state index is 0.0290. The Balaban J connectivity index is 1.17. The van der Waals surface area contributed by atoms with E-state index in [0.717, 1.165) is 29.9 Å². The van der Waals surface area contributed by atoms with Crippen LogP contribution in [0.1, 0.15) is 42.9 Å². The lowest BCUT2D eigenvalue weighted by Crippen LogP contribution is -2.55. The average Bonchev–Trinajstić information content (AvgIpc) is 3.72. The number of nitrogens with zero attached hydrogens (tertiary/aromatic N) is 4. The molecule has 5 aliphatic heterocycles. The van der Waals surface area contributed by atoms with Gasteiger partial charge in [0.1, 0.15) is 5.54 Å². The molecule has 0 bridgehead atoms. The molecule has 3 saturated heterocycles. The molecule has 0 aromatic heterocycles. The number of para-hydroxylation sites is 1. The van der Waals surface area contributed by atoms with Gasteiger partial charge in [0.2, 0.25) is 5.91 Å². The lowest BCUT2D eigenvalue weighted by Gasteiger charge is -2.39. The van der Waals surface area contributed by atoms with Gasteiger partial charge in [0.15, 0.2) is 13.9 Å². The first-order chi connectivity index (χ1) is 25.9. The molecule has 5 atom stereocenters. The summed E-state index contributed by atoms with van der Waals surface area (Å²) in [5.74, 6) is -0.894. The van der Waals surface area contributed by atoms with Crippen LogP contribution in [0.25, 0.3) is 0 Å². The van der Waals surface area contributed by atoms with Crippen molar-refractivity contribution < 1.29 is 29.0 Å². The fourth-order valence-electron chi connectivity index (χ4n) is 10.2. The van der Waals surface area contributed by atoms with E-state index in [1.807, 2.05) is 97.7 Å². The van der Waals surface area contributed by atoms with Crippen LogP contribution in [0, 0.1) is 5.92 Å². The highest BCUT2D eigenvalue weighted by molar-refractivity contribution is 6.71. The third-order valence-corrected chi connectivity index (χ3v) is 15.3. The Hall–Kier alpha value is -4.33. The molecule has 3 aromatic carbocycles. The maximum absolute atomic E-state index is 14.9. The zero-order valence-corrected chi connectivity index (χ0v) is 32.4. The molecule has 12 heteroatoms. The fourth-order valence-corrected chi connectivity index (χ4v) is 12.8. The SMILES string of the molecule is C=CCN1C(=O)[C@@]2(O[C@@H](CC(=O)N3Cc4ccccc4C[C@H]3CO)[C@H]([Si](C)(C)O)[C@H]2C)c2cc(N3CN(c4ccccc4)C4(CCNCC4)C3=O)ccc21. The van der Waals surface area contributed by atoms with Crippen molar-refractivity contribution in [2.75, 3.05) is 47.6 Å². The number of aliphatic hydroxyl groups is 1. The van der Waals surface area contributed by atoms with E-state index in [4.69, 9.17) is 4.74 Å². The number of aliphatic hydroxyl groups excluding tert-OH is 1. The molecular weight excluding hydrogens is 699 g/mol. The van der Waals surface area contributed by atoms with Gasteiger partial charge in [-0.25, -0.2) is 0 Å². The Bertz CT molecular complexity index is 1960. The van der Waals surface area contributed by atoms with E-state index in [-0.39, 0.29) is 43.3 Å². The average molecular weight is 750 g/mol. The molecule has 8 rings (SSSR count). The second-order valence-electron chi connectivity index (χ2n) is 16.2. The van der Waals surface area contributed by atoms with Gasteiger partial charge in [0, 0.05) is 41.5 Å². The minimum atomic E-state index is -3.07. The third kappa shape index (κ3) is 5.64. The van der Waals surface area contributed by atoms with Crippen LogP contribution in [0.4, 0.5) is 17.1 Å². The van der Waals surface area contributed by atoms with Crippen LogP contribution in [-0.2, 0) is 37.7 Å². The maximum atomic E-state index is 14.9. The molecule has 0 aliphatic carbocycles. The normalized spacial score (nSPS) is 27.6. The van der Waals surface area contributed by atoms with Gasteiger partial charge in [-0.2, -0.15) is 0 Å². The zero-order valence-electron chi connectivity index (χ0n) is 31.4. The zero-order chi connectivity index (χ0) is 38.0. The highest BCUT2D eigenvalue weighted by atomic mass is 28.4. The molecule has 284 valence electrons. The molecule has 11 nitrogen and oxygen atoms in total. The highest BCUT2D eigenvalue weighted by Crippen LogP contribution is 2.60. The van der Waals surface area contributed by atoms with Gasteiger partial charge < -0.3 is 34.7 Å². The van der Waals surface area contributed by atoms with Gasteiger partial charge in [-0.15, -0.1) is 6.58 Å². The van der Waals surface area contributed by atoms with Gasteiger partial charge in [-0.1, -0.05) is 55.5 Å². The largest absolute Gasteiger partial charge is 0.432 e. The summed E-state index contributed by atoms with van der Waals surface area (Å²) in [7, 11) is -3.07. The first kappa shape index (κ1) is 36.6. The number of fused-ring (bicyclic) bond motifs is 3. The first-order valence-corrected chi connectivity index (χ1v) is 22.3. The molecule has 0 radical (unpaired) electrons. The van der Waals surface area contributed by atoms with Crippen molar-refractivity contribution >= 4 is 43.1 Å². The van der Waals surface area contributed by atoms with E-state index in [2.05, 4.69) is 16.8 Å². The fraction of sp³-hybridized carbons (Fsp3) is 0.452. The number of benzene rings is 3. The summed E-state index contributed by atoms with van der Waals surface area (Å²) in [6, 6.07) is 23.4. The molecule has 5 aliphatic rings.